The highest BCUT2D eigenvalue weighted by Crippen LogP contribution is 2.65. The molecule has 0 atom stereocenters. The second kappa shape index (κ2) is 3.77. The zero-order valence-corrected chi connectivity index (χ0v) is 11.7. The van der Waals surface area contributed by atoms with Gasteiger partial charge in [-0.05, 0) is 13.8 Å². The summed E-state index contributed by atoms with van der Waals surface area (Å²) in [7, 11) is -1.50. The molecule has 2 heteroatoms. The monoisotopic (exact) mass is 206 g/mol. The molecule has 0 fully saturated rings. The van der Waals surface area contributed by atoms with E-state index in [9.17, 15) is 0 Å². The summed E-state index contributed by atoms with van der Waals surface area (Å²) in [5, 5.41) is 3.37. The van der Waals surface area contributed by atoms with Crippen LogP contribution >= 0.6 is 14.5 Å². The molecule has 0 amide bonds. The third kappa shape index (κ3) is 3.55. The van der Waals surface area contributed by atoms with Crippen LogP contribution < -0.4 is 0 Å². The fourth-order valence-electron chi connectivity index (χ4n) is 0.971. The van der Waals surface area contributed by atoms with Gasteiger partial charge in [-0.25, -0.2) is 0 Å². The average molecular weight is 206 g/mol. The zero-order valence-electron chi connectivity index (χ0n) is 9.89. The van der Waals surface area contributed by atoms with Crippen LogP contribution in [0, 0.1) is 0 Å². The molecule has 0 spiro atoms. The minimum atomic E-state index is -0.752. The van der Waals surface area contributed by atoms with Crippen LogP contribution in [0.1, 0.15) is 13.8 Å². The van der Waals surface area contributed by atoms with Crippen LogP contribution in [0.15, 0.2) is 10.6 Å². The fraction of sp³-hybridized carbons (Fsp3) is 0.800. The second-order valence-corrected chi connectivity index (χ2v) is 14.6. The van der Waals surface area contributed by atoms with E-state index in [4.69, 9.17) is 0 Å². The van der Waals surface area contributed by atoms with Gasteiger partial charge in [0, 0.05) is 14.5 Å². The van der Waals surface area contributed by atoms with Crippen molar-refractivity contribution in [2.24, 2.45) is 0 Å². The van der Waals surface area contributed by atoms with Crippen molar-refractivity contribution < 1.29 is 0 Å². The standard InChI is InChI=1S/C10H24P2/c1-9(11(3,4)5)10(2)12(6,7)8/h1-8H3/q+2/b10-9-. The van der Waals surface area contributed by atoms with E-state index in [1.165, 1.54) is 0 Å². The fourth-order valence-corrected chi connectivity index (χ4v) is 4.71. The lowest BCUT2D eigenvalue weighted by atomic mass is 10.6. The van der Waals surface area contributed by atoms with Gasteiger partial charge in [0.25, 0.3) is 0 Å². The first-order valence-electron chi connectivity index (χ1n) is 4.38. The summed E-state index contributed by atoms with van der Waals surface area (Å²) < 4.78 is 0. The summed E-state index contributed by atoms with van der Waals surface area (Å²) in [6.45, 7) is 19.1. The van der Waals surface area contributed by atoms with Gasteiger partial charge in [0.05, 0.1) is 40.0 Å². The first-order valence-corrected chi connectivity index (χ1v) is 10.6. The number of allylic oxidation sites excluding steroid dienone is 2. The summed E-state index contributed by atoms with van der Waals surface area (Å²) in [6, 6.07) is 0. The predicted molar refractivity (Wildman–Crippen MR) is 67.8 cm³/mol. The third-order valence-electron chi connectivity index (χ3n) is 2.54. The Kier molecular flexibility index (Phi) is 3.96. The normalized spacial score (nSPS) is 16.0. The Morgan fingerprint density at radius 2 is 0.750 bits per heavy atom. The molecule has 0 aromatic rings. The predicted octanol–water partition coefficient (Wildman–Crippen LogP) is 4.05. The molecular formula is C10H24P2+2. The van der Waals surface area contributed by atoms with Gasteiger partial charge >= 0.3 is 0 Å². The minimum absolute atomic E-state index is 0.752. The molecule has 0 radical (unpaired) electrons. The maximum atomic E-state index is 2.40. The lowest BCUT2D eigenvalue weighted by molar-refractivity contribution is 1.49. The lowest BCUT2D eigenvalue weighted by Crippen LogP contribution is -1.95. The van der Waals surface area contributed by atoms with E-state index >= 15 is 0 Å². The number of hydrogen-bond acceptors (Lipinski definition) is 0. The summed E-state index contributed by atoms with van der Waals surface area (Å²) >= 11 is 0. The van der Waals surface area contributed by atoms with Gasteiger partial charge in [-0.2, -0.15) is 0 Å². The first-order chi connectivity index (χ1) is 5.07. The maximum absolute atomic E-state index is 2.40. The zero-order chi connectivity index (χ0) is 10.2. The van der Waals surface area contributed by atoms with E-state index in [1.807, 2.05) is 0 Å². The van der Waals surface area contributed by atoms with Crippen molar-refractivity contribution in [1.82, 2.24) is 0 Å². The molecule has 0 rings (SSSR count). The van der Waals surface area contributed by atoms with Gasteiger partial charge in [0.15, 0.2) is 0 Å². The van der Waals surface area contributed by atoms with Gasteiger partial charge in [-0.15, -0.1) is 0 Å². The summed E-state index contributed by atoms with van der Waals surface area (Å²) in [6.07, 6.45) is 0. The molecule has 0 saturated carbocycles. The van der Waals surface area contributed by atoms with E-state index < -0.39 is 14.5 Å². The highest BCUT2D eigenvalue weighted by molar-refractivity contribution is 7.81. The van der Waals surface area contributed by atoms with Crippen LogP contribution in [0.4, 0.5) is 0 Å². The van der Waals surface area contributed by atoms with E-state index in [0.717, 1.165) is 0 Å². The van der Waals surface area contributed by atoms with Crippen LogP contribution in [0.25, 0.3) is 0 Å². The molecule has 0 N–H and O–H groups in total. The van der Waals surface area contributed by atoms with Crippen LogP contribution in [-0.2, 0) is 0 Å². The Hall–Kier alpha value is 0.600. The average Bonchev–Trinajstić information content (AvgIpc) is 1.80. The quantitative estimate of drug-likeness (QED) is 0.598. The molecule has 0 heterocycles. The van der Waals surface area contributed by atoms with Crippen LogP contribution in [-0.4, -0.2) is 40.0 Å². The highest BCUT2D eigenvalue weighted by atomic mass is 31.2. The molecule has 72 valence electrons. The summed E-state index contributed by atoms with van der Waals surface area (Å²) in [5.41, 5.74) is 0. The van der Waals surface area contributed by atoms with E-state index in [-0.39, 0.29) is 0 Å². The van der Waals surface area contributed by atoms with Gasteiger partial charge in [-0.3, -0.25) is 0 Å². The Morgan fingerprint density at radius 1 is 0.583 bits per heavy atom. The number of hydrogen-bond donors (Lipinski definition) is 0. The first kappa shape index (κ1) is 12.6. The lowest BCUT2D eigenvalue weighted by Gasteiger charge is -2.19. The van der Waals surface area contributed by atoms with Crippen LogP contribution in [0.2, 0.25) is 0 Å². The summed E-state index contributed by atoms with van der Waals surface area (Å²) in [5.74, 6) is 0. The third-order valence-corrected chi connectivity index (χ3v) is 7.41. The van der Waals surface area contributed by atoms with Crippen molar-refractivity contribution in [3.8, 4) is 0 Å². The molecule has 0 unspecified atom stereocenters. The van der Waals surface area contributed by atoms with Crippen molar-refractivity contribution in [1.29, 1.82) is 0 Å². The molecule has 0 aliphatic carbocycles. The second-order valence-electron chi connectivity index (χ2n) is 5.20. The van der Waals surface area contributed by atoms with Crippen molar-refractivity contribution >= 4 is 14.5 Å². The molecule has 0 bridgehead atoms. The Labute approximate surface area is 79.5 Å². The Balaban J connectivity index is 4.96. The molecule has 0 nitrogen and oxygen atoms in total. The largest absolute Gasteiger partial charge is 0.105 e. The van der Waals surface area contributed by atoms with Crippen LogP contribution in [0.5, 0.6) is 0 Å². The SMILES string of the molecule is C/C(=C(\C)[P+](C)(C)C)[P+](C)(C)C. The molecule has 0 aromatic carbocycles. The molecule has 0 aromatic heterocycles. The van der Waals surface area contributed by atoms with Crippen molar-refractivity contribution in [3.63, 3.8) is 0 Å². The highest BCUT2D eigenvalue weighted by Gasteiger charge is 2.31. The Bertz CT molecular complexity index is 167. The van der Waals surface area contributed by atoms with E-state index in [1.54, 1.807) is 10.6 Å². The Morgan fingerprint density at radius 3 is 0.833 bits per heavy atom. The van der Waals surface area contributed by atoms with Crippen molar-refractivity contribution in [3.05, 3.63) is 10.6 Å². The molecular weight excluding hydrogens is 182 g/mol. The van der Waals surface area contributed by atoms with Gasteiger partial charge in [-0.1, -0.05) is 0 Å². The van der Waals surface area contributed by atoms with Crippen LogP contribution in [0.3, 0.4) is 0 Å². The van der Waals surface area contributed by atoms with E-state index in [0.29, 0.717) is 0 Å². The smallest absolute Gasteiger partial charge is 0.00320 e. The molecule has 0 aliphatic heterocycles. The summed E-state index contributed by atoms with van der Waals surface area (Å²) in [4.78, 5) is 0. The minimum Gasteiger partial charge on any atom is -0.00320 e. The van der Waals surface area contributed by atoms with Gasteiger partial charge in [0.2, 0.25) is 0 Å². The van der Waals surface area contributed by atoms with Crippen molar-refractivity contribution in [2.75, 3.05) is 40.0 Å². The topological polar surface area (TPSA) is 0 Å². The van der Waals surface area contributed by atoms with Gasteiger partial charge in [0.1, 0.15) is 10.6 Å². The molecule has 12 heavy (non-hydrogen) atoms. The van der Waals surface area contributed by atoms with Gasteiger partial charge < -0.3 is 0 Å². The molecule has 0 saturated heterocycles. The number of rotatable bonds is 2. The molecule has 0 aliphatic rings. The maximum Gasteiger partial charge on any atom is 0.105 e. The van der Waals surface area contributed by atoms with E-state index in [2.05, 4.69) is 53.8 Å². The van der Waals surface area contributed by atoms with Crippen molar-refractivity contribution in [2.45, 2.75) is 13.8 Å².